The van der Waals surface area contributed by atoms with Crippen LogP contribution in [0, 0.1) is 19.8 Å². The van der Waals surface area contributed by atoms with Gasteiger partial charge in [0, 0.05) is 36.7 Å². The van der Waals surface area contributed by atoms with Crippen molar-refractivity contribution < 1.29 is 9.32 Å². The lowest BCUT2D eigenvalue weighted by Crippen LogP contribution is -2.41. The van der Waals surface area contributed by atoms with E-state index in [2.05, 4.69) is 10.1 Å². The van der Waals surface area contributed by atoms with Crippen molar-refractivity contribution in [2.24, 2.45) is 5.92 Å². The van der Waals surface area contributed by atoms with Crippen molar-refractivity contribution >= 4 is 16.8 Å². The number of piperidine rings is 1. The number of benzene rings is 1. The molecular formula is C21H24N4O3. The second kappa shape index (κ2) is 7.58. The number of aromatic nitrogens is 3. The molecule has 0 radical (unpaired) electrons. The van der Waals surface area contributed by atoms with Crippen LogP contribution < -0.4 is 5.43 Å². The largest absolute Gasteiger partial charge is 0.341 e. The molecule has 1 aliphatic rings. The summed E-state index contributed by atoms with van der Waals surface area (Å²) in [6.07, 6.45) is 2.63. The Hall–Kier alpha value is -2.96. The number of rotatable bonds is 4. The van der Waals surface area contributed by atoms with E-state index in [0.29, 0.717) is 23.0 Å². The first kappa shape index (κ1) is 18.4. The monoisotopic (exact) mass is 380 g/mol. The van der Waals surface area contributed by atoms with Crippen LogP contribution in [0.4, 0.5) is 0 Å². The molecule has 3 aromatic rings. The minimum atomic E-state index is -0.00567. The molecule has 0 atom stereocenters. The minimum Gasteiger partial charge on any atom is -0.341 e. The summed E-state index contributed by atoms with van der Waals surface area (Å²) in [6.45, 7) is 5.40. The number of carbonyl (C=O) groups is 1. The molecule has 146 valence electrons. The highest BCUT2D eigenvalue weighted by molar-refractivity contribution is 5.82. The molecule has 0 unspecified atom stereocenters. The molecule has 4 rings (SSSR count). The molecule has 1 saturated heterocycles. The Balaban J connectivity index is 1.43. The highest BCUT2D eigenvalue weighted by Crippen LogP contribution is 2.22. The number of pyridine rings is 1. The molecule has 0 saturated carbocycles. The molecule has 3 heterocycles. The quantitative estimate of drug-likeness (QED) is 0.695. The molecule has 7 heteroatoms. The predicted molar refractivity (Wildman–Crippen MR) is 105 cm³/mol. The zero-order valence-electron chi connectivity index (χ0n) is 16.2. The normalized spacial score (nSPS) is 15.3. The van der Waals surface area contributed by atoms with Crippen LogP contribution in [0.2, 0.25) is 0 Å². The summed E-state index contributed by atoms with van der Waals surface area (Å²) in [5.74, 6) is 1.88. The summed E-state index contributed by atoms with van der Waals surface area (Å²) in [6, 6.07) is 9.06. The Morgan fingerprint density at radius 3 is 2.68 bits per heavy atom. The SMILES string of the molecule is Cc1noc(CC2CCN(C(=O)Cn3c(C)cc(=O)c4ccccc43)CC2)n1. The van der Waals surface area contributed by atoms with Crippen LogP contribution in [0.1, 0.15) is 30.3 Å². The van der Waals surface area contributed by atoms with Crippen molar-refractivity contribution in [1.82, 2.24) is 19.6 Å². The molecule has 1 aromatic carbocycles. The zero-order valence-corrected chi connectivity index (χ0v) is 16.2. The molecule has 1 fully saturated rings. The van der Waals surface area contributed by atoms with Gasteiger partial charge in [0.15, 0.2) is 11.3 Å². The first-order chi connectivity index (χ1) is 13.5. The van der Waals surface area contributed by atoms with Crippen LogP contribution in [0.5, 0.6) is 0 Å². The van der Waals surface area contributed by atoms with E-state index in [0.717, 1.165) is 43.6 Å². The van der Waals surface area contributed by atoms with Crippen LogP contribution in [0.15, 0.2) is 39.6 Å². The van der Waals surface area contributed by atoms with Gasteiger partial charge in [0.05, 0.1) is 5.52 Å². The third-order valence-electron chi connectivity index (χ3n) is 5.52. The first-order valence-electron chi connectivity index (χ1n) is 9.67. The molecule has 2 aromatic heterocycles. The summed E-state index contributed by atoms with van der Waals surface area (Å²) in [4.78, 5) is 31.3. The molecular weight excluding hydrogens is 356 g/mol. The van der Waals surface area contributed by atoms with Gasteiger partial charge in [-0.3, -0.25) is 9.59 Å². The van der Waals surface area contributed by atoms with Gasteiger partial charge in [-0.15, -0.1) is 0 Å². The van der Waals surface area contributed by atoms with E-state index in [1.807, 2.05) is 47.6 Å². The van der Waals surface area contributed by atoms with Crippen LogP contribution in [0.25, 0.3) is 10.9 Å². The van der Waals surface area contributed by atoms with Gasteiger partial charge < -0.3 is 14.0 Å². The summed E-state index contributed by atoms with van der Waals surface area (Å²) >= 11 is 0. The van der Waals surface area contributed by atoms with Gasteiger partial charge in [0.1, 0.15) is 6.54 Å². The van der Waals surface area contributed by atoms with Crippen molar-refractivity contribution in [2.45, 2.75) is 39.7 Å². The lowest BCUT2D eigenvalue weighted by atomic mass is 9.93. The van der Waals surface area contributed by atoms with Gasteiger partial charge >= 0.3 is 0 Å². The van der Waals surface area contributed by atoms with Gasteiger partial charge in [-0.05, 0) is 44.7 Å². The fourth-order valence-electron chi connectivity index (χ4n) is 3.95. The van der Waals surface area contributed by atoms with Crippen molar-refractivity contribution in [2.75, 3.05) is 13.1 Å². The van der Waals surface area contributed by atoms with Crippen LogP contribution in [0.3, 0.4) is 0 Å². The molecule has 0 aliphatic carbocycles. The number of hydrogen-bond donors (Lipinski definition) is 0. The second-order valence-corrected chi connectivity index (χ2v) is 7.52. The maximum atomic E-state index is 12.9. The fourth-order valence-corrected chi connectivity index (χ4v) is 3.95. The number of amides is 1. The second-order valence-electron chi connectivity index (χ2n) is 7.52. The van der Waals surface area contributed by atoms with Gasteiger partial charge in [0.25, 0.3) is 0 Å². The van der Waals surface area contributed by atoms with E-state index in [9.17, 15) is 9.59 Å². The van der Waals surface area contributed by atoms with E-state index in [1.165, 1.54) is 0 Å². The highest BCUT2D eigenvalue weighted by Gasteiger charge is 2.25. The van der Waals surface area contributed by atoms with E-state index < -0.39 is 0 Å². The average molecular weight is 380 g/mol. The van der Waals surface area contributed by atoms with E-state index in [4.69, 9.17) is 4.52 Å². The zero-order chi connectivity index (χ0) is 19.7. The van der Waals surface area contributed by atoms with Gasteiger partial charge in [-0.2, -0.15) is 4.98 Å². The van der Waals surface area contributed by atoms with Crippen molar-refractivity contribution in [3.63, 3.8) is 0 Å². The van der Waals surface area contributed by atoms with Crippen LogP contribution in [-0.4, -0.2) is 38.6 Å². The number of nitrogens with zero attached hydrogens (tertiary/aromatic N) is 4. The Kier molecular flexibility index (Phi) is 4.98. The fraction of sp³-hybridized carbons (Fsp3) is 0.429. The molecule has 28 heavy (non-hydrogen) atoms. The number of aryl methyl sites for hydroxylation is 2. The molecule has 1 aliphatic heterocycles. The Bertz CT molecular complexity index is 1060. The van der Waals surface area contributed by atoms with Gasteiger partial charge in [0.2, 0.25) is 11.8 Å². The molecule has 7 nitrogen and oxygen atoms in total. The maximum Gasteiger partial charge on any atom is 0.242 e. The molecule has 0 bridgehead atoms. The van der Waals surface area contributed by atoms with Crippen molar-refractivity contribution in [3.05, 3.63) is 58.0 Å². The summed E-state index contributed by atoms with van der Waals surface area (Å²) in [5, 5.41) is 4.48. The number of carbonyl (C=O) groups excluding carboxylic acids is 1. The maximum absolute atomic E-state index is 12.9. The lowest BCUT2D eigenvalue weighted by molar-refractivity contribution is -0.133. The number of fused-ring (bicyclic) bond motifs is 1. The smallest absolute Gasteiger partial charge is 0.242 e. The summed E-state index contributed by atoms with van der Waals surface area (Å²) in [5.41, 5.74) is 1.61. The number of para-hydroxylation sites is 1. The Morgan fingerprint density at radius 2 is 1.96 bits per heavy atom. The van der Waals surface area contributed by atoms with Gasteiger partial charge in [-0.25, -0.2) is 0 Å². The average Bonchev–Trinajstić information content (AvgIpc) is 3.10. The van der Waals surface area contributed by atoms with Crippen molar-refractivity contribution in [3.8, 4) is 0 Å². The third kappa shape index (κ3) is 3.69. The highest BCUT2D eigenvalue weighted by atomic mass is 16.5. The summed E-state index contributed by atoms with van der Waals surface area (Å²) < 4.78 is 7.15. The van der Waals surface area contributed by atoms with Crippen LogP contribution in [-0.2, 0) is 17.8 Å². The Labute approximate surface area is 163 Å². The minimum absolute atomic E-state index is 0.00567. The molecule has 1 amide bonds. The van der Waals surface area contributed by atoms with E-state index >= 15 is 0 Å². The number of hydrogen-bond acceptors (Lipinski definition) is 5. The van der Waals surface area contributed by atoms with Crippen molar-refractivity contribution in [1.29, 1.82) is 0 Å². The molecule has 0 N–H and O–H groups in total. The van der Waals surface area contributed by atoms with Crippen LogP contribution >= 0.6 is 0 Å². The van der Waals surface area contributed by atoms with E-state index in [1.54, 1.807) is 6.07 Å². The van der Waals surface area contributed by atoms with E-state index in [-0.39, 0.29) is 17.9 Å². The number of likely N-dealkylation sites (tertiary alicyclic amines) is 1. The predicted octanol–water partition coefficient (Wildman–Crippen LogP) is 2.48. The lowest BCUT2D eigenvalue weighted by Gasteiger charge is -2.32. The third-order valence-corrected chi connectivity index (χ3v) is 5.52. The Morgan fingerprint density at radius 1 is 1.21 bits per heavy atom. The van der Waals surface area contributed by atoms with Gasteiger partial charge in [-0.1, -0.05) is 17.3 Å². The first-order valence-corrected chi connectivity index (χ1v) is 9.67. The topological polar surface area (TPSA) is 81.2 Å². The standard InChI is InChI=1S/C21H24N4O3/c1-14-11-19(26)17-5-3-4-6-18(17)25(14)13-21(27)24-9-7-16(8-10-24)12-20-22-15(2)23-28-20/h3-6,11,16H,7-10,12-13H2,1-2H3. The molecule has 0 spiro atoms. The summed E-state index contributed by atoms with van der Waals surface area (Å²) in [7, 11) is 0.